The van der Waals surface area contributed by atoms with Crippen LogP contribution < -0.4 is 24.8 Å². The summed E-state index contributed by atoms with van der Waals surface area (Å²) in [6, 6.07) is 15.8. The van der Waals surface area contributed by atoms with E-state index in [0.717, 1.165) is 24.0 Å². The Hall–Kier alpha value is -4.60. The van der Waals surface area contributed by atoms with Gasteiger partial charge in [-0.2, -0.15) is 0 Å². The molecule has 2 aromatic carbocycles. The summed E-state index contributed by atoms with van der Waals surface area (Å²) < 4.78 is 18.1. The highest BCUT2D eigenvalue weighted by atomic mass is 16.5. The number of carbonyl (C=O) groups excluding carboxylic acids is 3. The molecule has 1 saturated carbocycles. The molecule has 2 fully saturated rings. The van der Waals surface area contributed by atoms with Crippen molar-refractivity contribution in [3.63, 3.8) is 0 Å². The van der Waals surface area contributed by atoms with Gasteiger partial charge < -0.3 is 29.7 Å². The predicted molar refractivity (Wildman–Crippen MR) is 153 cm³/mol. The molecule has 4 heterocycles. The van der Waals surface area contributed by atoms with Crippen molar-refractivity contribution < 1.29 is 28.6 Å². The summed E-state index contributed by atoms with van der Waals surface area (Å²) in [6.45, 7) is 1.37. The topological polar surface area (TPSA) is 119 Å². The predicted octanol–water partition coefficient (Wildman–Crippen LogP) is 2.90. The Kier molecular flexibility index (Phi) is 8.21. The molecule has 10 heteroatoms. The molecule has 2 atom stereocenters. The molecule has 10 nitrogen and oxygen atoms in total. The summed E-state index contributed by atoms with van der Waals surface area (Å²) in [5.41, 5.74) is 2.29. The van der Waals surface area contributed by atoms with E-state index in [-0.39, 0.29) is 24.3 Å². The third kappa shape index (κ3) is 7.18. The molecular weight excluding hydrogens is 536 g/mol. The van der Waals surface area contributed by atoms with Crippen LogP contribution in [0.3, 0.4) is 0 Å². The maximum Gasteiger partial charge on any atom is 0.258 e. The average Bonchev–Trinajstić information content (AvgIpc) is 3.77. The van der Waals surface area contributed by atoms with Crippen molar-refractivity contribution in [3.05, 3.63) is 83.7 Å². The zero-order valence-electron chi connectivity index (χ0n) is 23.3. The quantitative estimate of drug-likeness (QED) is 0.468. The van der Waals surface area contributed by atoms with Gasteiger partial charge in [0.25, 0.3) is 11.8 Å². The number of likely N-dealkylation sites (tertiary alicyclic amines) is 1. The van der Waals surface area contributed by atoms with Crippen LogP contribution in [0.4, 0.5) is 0 Å². The van der Waals surface area contributed by atoms with Gasteiger partial charge in [-0.1, -0.05) is 12.1 Å². The molecular formula is C32H34N4O6. The van der Waals surface area contributed by atoms with E-state index in [9.17, 15) is 14.4 Å². The van der Waals surface area contributed by atoms with E-state index in [2.05, 4.69) is 15.6 Å². The van der Waals surface area contributed by atoms with E-state index in [1.165, 1.54) is 0 Å². The number of hydrogen-bond donors (Lipinski definition) is 2. The van der Waals surface area contributed by atoms with Gasteiger partial charge in [-0.05, 0) is 72.7 Å². The molecule has 1 aromatic heterocycles. The summed E-state index contributed by atoms with van der Waals surface area (Å²) in [6.07, 6.45) is 6.20. The number of ether oxygens (including phenoxy) is 3. The van der Waals surface area contributed by atoms with Crippen LogP contribution in [0.1, 0.15) is 40.7 Å². The number of nitrogens with one attached hydrogen (secondary N) is 2. The van der Waals surface area contributed by atoms with Crippen molar-refractivity contribution in [1.82, 2.24) is 20.5 Å². The van der Waals surface area contributed by atoms with Gasteiger partial charge in [0.15, 0.2) is 6.61 Å². The van der Waals surface area contributed by atoms with Crippen LogP contribution >= 0.6 is 0 Å². The fraction of sp³-hybridized carbons (Fsp3) is 0.375. The summed E-state index contributed by atoms with van der Waals surface area (Å²) in [5, 5.41) is 5.94. The number of benzene rings is 2. The number of rotatable bonds is 6. The molecule has 2 N–H and O–H groups in total. The summed E-state index contributed by atoms with van der Waals surface area (Å²) >= 11 is 0. The summed E-state index contributed by atoms with van der Waals surface area (Å²) in [5.74, 6) is 1.39. The minimum atomic E-state index is -0.454. The molecule has 42 heavy (non-hydrogen) atoms. The fourth-order valence-electron chi connectivity index (χ4n) is 5.08. The van der Waals surface area contributed by atoms with Gasteiger partial charge in [-0.3, -0.25) is 19.4 Å². The fourth-order valence-corrected chi connectivity index (χ4v) is 5.08. The van der Waals surface area contributed by atoms with Gasteiger partial charge in [-0.25, -0.2) is 0 Å². The minimum Gasteiger partial charge on any atom is -0.493 e. The molecule has 3 aromatic rings. The first-order valence-corrected chi connectivity index (χ1v) is 14.4. The maximum absolute atomic E-state index is 13.6. The molecule has 0 radical (unpaired) electrons. The van der Waals surface area contributed by atoms with E-state index < -0.39 is 12.1 Å². The van der Waals surface area contributed by atoms with Crippen LogP contribution in [0, 0.1) is 5.92 Å². The van der Waals surface area contributed by atoms with Gasteiger partial charge in [-0.15, -0.1) is 0 Å². The number of aryl methyl sites for hydroxylation is 1. The van der Waals surface area contributed by atoms with Crippen molar-refractivity contribution in [2.75, 3.05) is 26.3 Å². The Balaban J connectivity index is 1.23. The molecule has 0 spiro atoms. The minimum absolute atomic E-state index is 0.00319. The zero-order chi connectivity index (χ0) is 28.9. The van der Waals surface area contributed by atoms with E-state index in [4.69, 9.17) is 14.2 Å². The molecule has 1 saturated heterocycles. The van der Waals surface area contributed by atoms with Crippen molar-refractivity contribution in [1.29, 1.82) is 0 Å². The van der Waals surface area contributed by atoms with Crippen LogP contribution in [0.25, 0.3) is 0 Å². The van der Waals surface area contributed by atoms with E-state index >= 15 is 0 Å². The molecule has 7 rings (SSSR count). The Bertz CT molecular complexity index is 1430. The Morgan fingerprint density at radius 2 is 1.81 bits per heavy atom. The zero-order valence-corrected chi connectivity index (χ0v) is 23.3. The van der Waals surface area contributed by atoms with Crippen LogP contribution in [0.15, 0.2) is 67.0 Å². The number of pyridine rings is 1. The Morgan fingerprint density at radius 3 is 2.60 bits per heavy atom. The molecule has 0 unspecified atom stereocenters. The number of fused-ring (bicyclic) bond motifs is 7. The Labute approximate surface area is 244 Å². The lowest BCUT2D eigenvalue weighted by atomic mass is 10.1. The molecule has 3 aliphatic heterocycles. The first-order chi connectivity index (χ1) is 20.5. The van der Waals surface area contributed by atoms with Crippen LogP contribution in [-0.4, -0.2) is 66.1 Å². The second-order valence-corrected chi connectivity index (χ2v) is 11.0. The van der Waals surface area contributed by atoms with Crippen molar-refractivity contribution in [2.45, 2.75) is 44.4 Å². The first-order valence-electron chi connectivity index (χ1n) is 14.4. The van der Waals surface area contributed by atoms with Gasteiger partial charge >= 0.3 is 0 Å². The lowest BCUT2D eigenvalue weighted by molar-refractivity contribution is -0.130. The van der Waals surface area contributed by atoms with Crippen molar-refractivity contribution >= 4 is 17.7 Å². The van der Waals surface area contributed by atoms with Crippen LogP contribution in [0.5, 0.6) is 17.2 Å². The van der Waals surface area contributed by atoms with Gasteiger partial charge in [0.2, 0.25) is 5.91 Å². The van der Waals surface area contributed by atoms with Gasteiger partial charge in [0.05, 0.1) is 19.2 Å². The Morgan fingerprint density at radius 1 is 1.00 bits per heavy atom. The molecule has 218 valence electrons. The van der Waals surface area contributed by atoms with Crippen molar-refractivity contribution in [2.24, 2.45) is 5.92 Å². The van der Waals surface area contributed by atoms with Gasteiger partial charge in [0.1, 0.15) is 23.4 Å². The number of carbonyl (C=O) groups is 3. The van der Waals surface area contributed by atoms with Crippen LogP contribution in [-0.2, 0) is 22.6 Å². The third-order valence-corrected chi connectivity index (χ3v) is 7.71. The number of aromatic nitrogens is 1. The molecule has 4 aliphatic rings. The standard InChI is InChI=1S/C32H34N4O6/c37-30-20-41-27-14-24(13-26(15-27)40-19-23-1-2-23)32(39)35-28-17-36(31(38)8-5-21-9-11-33-12-10-21)18-29(28)42-25-6-3-22(4-7-25)16-34-30/h3-4,6-7,9-15,23,28-29H,1-2,5,8,16-20H2,(H,34,37)(H,35,39)/t28-,29-/m0/s1. The SMILES string of the molecule is O=C1COc2cc(OCC3CC3)cc(c2)C(=O)N[C@H]2CN(C(=O)CCc3ccncc3)C[C@@H]2Oc2ccc(cc2)CN1. The first kappa shape index (κ1) is 27.6. The normalized spacial score (nSPS) is 20.4. The maximum atomic E-state index is 13.6. The molecule has 4 bridgehead atoms. The van der Waals surface area contributed by atoms with E-state index in [1.54, 1.807) is 35.5 Å². The number of nitrogens with zero attached hydrogens (tertiary/aromatic N) is 2. The lowest BCUT2D eigenvalue weighted by Gasteiger charge is -2.21. The molecule has 1 aliphatic carbocycles. The number of amides is 3. The highest BCUT2D eigenvalue weighted by Gasteiger charge is 2.38. The summed E-state index contributed by atoms with van der Waals surface area (Å²) in [4.78, 5) is 45.0. The summed E-state index contributed by atoms with van der Waals surface area (Å²) in [7, 11) is 0. The second kappa shape index (κ2) is 12.5. The highest BCUT2D eigenvalue weighted by molar-refractivity contribution is 5.95. The smallest absolute Gasteiger partial charge is 0.258 e. The second-order valence-electron chi connectivity index (χ2n) is 11.0. The monoisotopic (exact) mass is 570 g/mol. The largest absolute Gasteiger partial charge is 0.493 e. The lowest BCUT2D eigenvalue weighted by Crippen LogP contribution is -2.45. The molecule has 3 amide bonds. The van der Waals surface area contributed by atoms with Crippen molar-refractivity contribution in [3.8, 4) is 17.2 Å². The third-order valence-electron chi connectivity index (χ3n) is 7.71. The van der Waals surface area contributed by atoms with Gasteiger partial charge in [0, 0.05) is 43.5 Å². The number of hydrogen-bond acceptors (Lipinski definition) is 7. The highest BCUT2D eigenvalue weighted by Crippen LogP contribution is 2.31. The van der Waals surface area contributed by atoms with E-state index in [1.807, 2.05) is 36.4 Å². The van der Waals surface area contributed by atoms with Crippen LogP contribution in [0.2, 0.25) is 0 Å². The van der Waals surface area contributed by atoms with E-state index in [0.29, 0.717) is 67.8 Å². The average molecular weight is 571 g/mol.